The van der Waals surface area contributed by atoms with Crippen molar-refractivity contribution in [2.24, 2.45) is 0 Å². The number of hydrogen-bond donors (Lipinski definition) is 0. The fourth-order valence-corrected chi connectivity index (χ4v) is 2.97. The van der Waals surface area contributed by atoms with Crippen LogP contribution < -0.4 is 0 Å². The number of rotatable bonds is 10. The van der Waals surface area contributed by atoms with Gasteiger partial charge in [-0.1, -0.05) is 90.0 Å². The topological polar surface area (TPSA) is 0 Å². The van der Waals surface area contributed by atoms with Crippen LogP contribution in [0.5, 0.6) is 0 Å². The van der Waals surface area contributed by atoms with Gasteiger partial charge in [0.1, 0.15) is 0 Å². The maximum absolute atomic E-state index is 6.86. The Morgan fingerprint density at radius 1 is 0.850 bits per heavy atom. The maximum atomic E-state index is 6.86. The monoisotopic (exact) mass is 270 g/mol. The van der Waals surface area contributed by atoms with Crippen molar-refractivity contribution in [1.29, 1.82) is 0 Å². The minimum absolute atomic E-state index is 0.115. The van der Waals surface area contributed by atoms with Gasteiger partial charge in [0.25, 0.3) is 0 Å². The lowest BCUT2D eigenvalue weighted by atomic mass is 9.57. The average molecular weight is 270 g/mol. The Kier molecular flexibility index (Phi) is 8.03. The highest BCUT2D eigenvalue weighted by atomic mass is 14.3. The fraction of sp³-hybridized carbons (Fsp3) is 0.684. The van der Waals surface area contributed by atoms with E-state index in [0.717, 1.165) is 12.8 Å². The predicted molar refractivity (Wildman–Crippen MR) is 91.5 cm³/mol. The molecule has 0 saturated heterocycles. The average Bonchev–Trinajstić information content (AvgIpc) is 2.49. The molecule has 1 rings (SSSR count). The highest BCUT2D eigenvalue weighted by Crippen LogP contribution is 2.34. The first-order chi connectivity index (χ1) is 9.68. The van der Waals surface area contributed by atoms with Gasteiger partial charge in [0.2, 0.25) is 0 Å². The van der Waals surface area contributed by atoms with E-state index in [-0.39, 0.29) is 5.31 Å². The fourth-order valence-electron chi connectivity index (χ4n) is 2.97. The number of hydrogen-bond acceptors (Lipinski definition) is 0. The summed E-state index contributed by atoms with van der Waals surface area (Å²) in [6.45, 7) is 6.76. The summed E-state index contributed by atoms with van der Waals surface area (Å²) < 4.78 is 0. The Hall–Kier alpha value is -0.715. The molecule has 0 aliphatic rings. The van der Waals surface area contributed by atoms with E-state index in [1.165, 1.54) is 56.1 Å². The van der Waals surface area contributed by atoms with Crippen LogP contribution in [0.3, 0.4) is 0 Å². The van der Waals surface area contributed by atoms with Crippen LogP contribution in [0.1, 0.15) is 83.3 Å². The van der Waals surface area contributed by atoms with Crippen molar-refractivity contribution in [3.05, 3.63) is 35.4 Å². The summed E-state index contributed by atoms with van der Waals surface area (Å²) in [6.07, 6.45) is 10.8. The summed E-state index contributed by atoms with van der Waals surface area (Å²) in [4.78, 5) is 0. The Bertz CT molecular complexity index is 362. The van der Waals surface area contributed by atoms with Crippen LogP contribution in [0.25, 0.3) is 0 Å². The molecule has 0 spiro atoms. The van der Waals surface area contributed by atoms with Crippen molar-refractivity contribution >= 4 is 7.85 Å². The Morgan fingerprint density at radius 2 is 1.40 bits per heavy atom. The van der Waals surface area contributed by atoms with Crippen molar-refractivity contribution in [3.8, 4) is 0 Å². The lowest BCUT2D eigenvalue weighted by Crippen LogP contribution is -2.28. The zero-order valence-electron chi connectivity index (χ0n) is 13.8. The first-order valence-electron chi connectivity index (χ1n) is 8.55. The SMILES string of the molecule is [B]C(CCCC)(CCCC)c1ccccc1CCCC. The third-order valence-electron chi connectivity index (χ3n) is 4.31. The Labute approximate surface area is 127 Å². The first-order valence-corrected chi connectivity index (χ1v) is 8.55. The lowest BCUT2D eigenvalue weighted by molar-refractivity contribution is 0.466. The predicted octanol–water partition coefficient (Wildman–Crippen LogP) is 5.77. The number of aryl methyl sites for hydroxylation is 1. The molecule has 20 heavy (non-hydrogen) atoms. The van der Waals surface area contributed by atoms with Crippen LogP contribution in [-0.4, -0.2) is 7.85 Å². The first kappa shape index (κ1) is 17.3. The van der Waals surface area contributed by atoms with Crippen molar-refractivity contribution in [2.75, 3.05) is 0 Å². The van der Waals surface area contributed by atoms with Crippen LogP contribution in [0.2, 0.25) is 0 Å². The van der Waals surface area contributed by atoms with E-state index >= 15 is 0 Å². The van der Waals surface area contributed by atoms with Crippen molar-refractivity contribution in [3.63, 3.8) is 0 Å². The molecule has 1 aromatic carbocycles. The van der Waals surface area contributed by atoms with Gasteiger partial charge in [0.15, 0.2) is 0 Å². The summed E-state index contributed by atoms with van der Waals surface area (Å²) in [7, 11) is 6.86. The smallest absolute Gasteiger partial charge is 0.0654 e. The minimum Gasteiger partial charge on any atom is -0.0654 e. The molecule has 0 fully saturated rings. The van der Waals surface area contributed by atoms with Gasteiger partial charge in [0.05, 0.1) is 7.85 Å². The van der Waals surface area contributed by atoms with Crippen molar-refractivity contribution in [1.82, 2.24) is 0 Å². The quantitative estimate of drug-likeness (QED) is 0.473. The molecule has 0 aliphatic heterocycles. The highest BCUT2D eigenvalue weighted by molar-refractivity contribution is 6.16. The summed E-state index contributed by atoms with van der Waals surface area (Å²) in [5.41, 5.74) is 2.89. The molecule has 0 amide bonds. The van der Waals surface area contributed by atoms with Crippen molar-refractivity contribution in [2.45, 2.75) is 83.9 Å². The molecule has 110 valence electrons. The van der Waals surface area contributed by atoms with E-state index in [1.807, 2.05) is 0 Å². The summed E-state index contributed by atoms with van der Waals surface area (Å²) in [5.74, 6) is 0. The summed E-state index contributed by atoms with van der Waals surface area (Å²) in [6, 6.07) is 8.87. The summed E-state index contributed by atoms with van der Waals surface area (Å²) in [5, 5.41) is -0.115. The second-order valence-electron chi connectivity index (χ2n) is 6.12. The molecule has 0 N–H and O–H groups in total. The number of unbranched alkanes of at least 4 members (excludes halogenated alkanes) is 3. The van der Waals surface area contributed by atoms with Gasteiger partial charge in [-0.3, -0.25) is 0 Å². The van der Waals surface area contributed by atoms with E-state index in [4.69, 9.17) is 7.85 Å². The van der Waals surface area contributed by atoms with Gasteiger partial charge < -0.3 is 0 Å². The maximum Gasteiger partial charge on any atom is 0.0810 e. The molecule has 1 aromatic rings. The van der Waals surface area contributed by atoms with Crippen LogP contribution in [-0.2, 0) is 11.7 Å². The van der Waals surface area contributed by atoms with E-state index in [0.29, 0.717) is 0 Å². The molecule has 0 atom stereocenters. The molecule has 2 radical (unpaired) electrons. The largest absolute Gasteiger partial charge is 0.0810 e. The molecule has 0 aliphatic carbocycles. The molecule has 0 aromatic heterocycles. The molecule has 0 unspecified atom stereocenters. The lowest BCUT2D eigenvalue weighted by Gasteiger charge is -2.33. The minimum atomic E-state index is -0.115. The molecular formula is C19H31B. The van der Waals surface area contributed by atoms with E-state index in [1.54, 1.807) is 0 Å². The van der Waals surface area contributed by atoms with Crippen LogP contribution in [0.4, 0.5) is 0 Å². The highest BCUT2D eigenvalue weighted by Gasteiger charge is 2.26. The van der Waals surface area contributed by atoms with E-state index < -0.39 is 0 Å². The van der Waals surface area contributed by atoms with Gasteiger partial charge in [-0.25, -0.2) is 0 Å². The standard InChI is InChI=1S/C19H31B/c1-4-7-12-17-13-10-11-14-18(17)19(20,15-8-5-2)16-9-6-3/h10-11,13-14H,4-9,12,15-16H2,1-3H3. The van der Waals surface area contributed by atoms with E-state index in [2.05, 4.69) is 45.0 Å². The second-order valence-corrected chi connectivity index (χ2v) is 6.12. The number of benzene rings is 1. The van der Waals surface area contributed by atoms with Crippen molar-refractivity contribution < 1.29 is 0 Å². The van der Waals surface area contributed by atoms with Gasteiger partial charge in [-0.05, 0) is 29.3 Å². The van der Waals surface area contributed by atoms with E-state index in [9.17, 15) is 0 Å². The van der Waals surface area contributed by atoms with Gasteiger partial charge in [-0.2, -0.15) is 0 Å². The van der Waals surface area contributed by atoms with Gasteiger partial charge in [-0.15, -0.1) is 0 Å². The molecule has 0 nitrogen and oxygen atoms in total. The van der Waals surface area contributed by atoms with Gasteiger partial charge >= 0.3 is 0 Å². The molecule has 0 saturated carbocycles. The zero-order chi connectivity index (χ0) is 14.8. The molecular weight excluding hydrogens is 239 g/mol. The Morgan fingerprint density at radius 3 is 1.95 bits per heavy atom. The van der Waals surface area contributed by atoms with Gasteiger partial charge in [0, 0.05) is 0 Å². The second kappa shape index (κ2) is 9.26. The zero-order valence-corrected chi connectivity index (χ0v) is 13.8. The Balaban J connectivity index is 2.98. The van der Waals surface area contributed by atoms with Crippen LogP contribution >= 0.6 is 0 Å². The molecule has 1 heteroatoms. The molecule has 0 bridgehead atoms. The normalized spacial score (nSPS) is 11.8. The third kappa shape index (κ3) is 5.00. The van der Waals surface area contributed by atoms with Crippen LogP contribution in [0.15, 0.2) is 24.3 Å². The third-order valence-corrected chi connectivity index (χ3v) is 4.31. The summed E-state index contributed by atoms with van der Waals surface area (Å²) >= 11 is 0. The molecule has 0 heterocycles. The van der Waals surface area contributed by atoms with Crippen LogP contribution in [0, 0.1) is 0 Å².